The van der Waals surface area contributed by atoms with Gasteiger partial charge in [0, 0.05) is 37.5 Å². The predicted molar refractivity (Wildman–Crippen MR) is 76.6 cm³/mol. The van der Waals surface area contributed by atoms with Crippen LogP contribution in [0.5, 0.6) is 0 Å². The maximum atomic E-state index is 11.1. The summed E-state index contributed by atoms with van der Waals surface area (Å²) < 4.78 is 22.3. The third kappa shape index (κ3) is 5.24. The summed E-state index contributed by atoms with van der Waals surface area (Å²) >= 11 is 0. The Morgan fingerprint density at radius 2 is 1.89 bits per heavy atom. The molecule has 0 aromatic heterocycles. The second-order valence-electron chi connectivity index (χ2n) is 6.12. The molecule has 1 saturated heterocycles. The predicted octanol–water partition coefficient (Wildman–Crippen LogP) is 1.13. The zero-order chi connectivity index (χ0) is 13.9. The Morgan fingerprint density at radius 3 is 2.33 bits per heavy atom. The number of rotatable bonds is 6. The van der Waals surface area contributed by atoms with Gasteiger partial charge in [-0.05, 0) is 33.1 Å². The summed E-state index contributed by atoms with van der Waals surface area (Å²) in [7, 11) is -2.84. The van der Waals surface area contributed by atoms with Crippen LogP contribution >= 0.6 is 0 Å². The zero-order valence-electron chi connectivity index (χ0n) is 12.3. The number of nitrogens with zero attached hydrogens (tertiary/aromatic N) is 1. The molecule has 1 heterocycles. The maximum Gasteiger partial charge on any atom is 0.147 e. The summed E-state index contributed by atoms with van der Waals surface area (Å²) in [6, 6.07) is 1.34. The highest BCUT2D eigenvalue weighted by atomic mass is 32.2. The topological polar surface area (TPSA) is 49.4 Å². The molecule has 0 aliphatic carbocycles. The smallest absolute Gasteiger partial charge is 0.147 e. The number of likely N-dealkylation sites (tertiary alicyclic amines) is 1. The summed E-state index contributed by atoms with van der Waals surface area (Å²) in [4.78, 5) is 2.48. The summed E-state index contributed by atoms with van der Waals surface area (Å²) in [5.41, 5.74) is 0. The van der Waals surface area contributed by atoms with Crippen LogP contribution in [0.2, 0.25) is 0 Å². The van der Waals surface area contributed by atoms with Gasteiger partial charge in [-0.15, -0.1) is 0 Å². The highest BCUT2D eigenvalue weighted by molar-refractivity contribution is 7.90. The largest absolute Gasteiger partial charge is 0.310 e. The quantitative estimate of drug-likeness (QED) is 0.790. The Bertz CT molecular complexity index is 354. The van der Waals surface area contributed by atoms with Crippen molar-refractivity contribution in [1.82, 2.24) is 10.2 Å². The van der Waals surface area contributed by atoms with Crippen LogP contribution in [-0.4, -0.2) is 56.5 Å². The van der Waals surface area contributed by atoms with Gasteiger partial charge in [-0.2, -0.15) is 0 Å². The number of hydrogen-bond acceptors (Lipinski definition) is 4. The van der Waals surface area contributed by atoms with E-state index in [1.54, 1.807) is 0 Å². The van der Waals surface area contributed by atoms with Gasteiger partial charge in [-0.25, -0.2) is 8.42 Å². The van der Waals surface area contributed by atoms with Crippen molar-refractivity contribution in [3.8, 4) is 0 Å². The molecule has 0 spiro atoms. The Kier molecular flexibility index (Phi) is 5.62. The lowest BCUT2D eigenvalue weighted by Crippen LogP contribution is -2.42. The molecule has 1 rings (SSSR count). The molecule has 0 amide bonds. The van der Waals surface area contributed by atoms with Crippen LogP contribution in [0.1, 0.15) is 34.1 Å². The van der Waals surface area contributed by atoms with E-state index in [1.165, 1.54) is 6.26 Å². The third-order valence-corrected chi connectivity index (χ3v) is 4.77. The minimum atomic E-state index is -2.84. The first-order chi connectivity index (χ1) is 8.19. The standard InChI is InChI=1S/C13H28N2O2S/c1-10(2)15-8-11(3)13(9-15)14-12(4)6-7-18(5,16)17/h10-14H,6-9H2,1-5H3/t11-,12+,13+/m0/s1. The molecule has 0 unspecified atom stereocenters. The van der Waals surface area contributed by atoms with E-state index in [9.17, 15) is 8.42 Å². The molecule has 0 saturated carbocycles. The Hall–Kier alpha value is -0.130. The Morgan fingerprint density at radius 1 is 1.28 bits per heavy atom. The zero-order valence-corrected chi connectivity index (χ0v) is 13.1. The fourth-order valence-electron chi connectivity index (χ4n) is 2.48. The molecular formula is C13H28N2O2S. The van der Waals surface area contributed by atoms with Crippen LogP contribution in [0.3, 0.4) is 0 Å². The van der Waals surface area contributed by atoms with Crippen molar-refractivity contribution in [2.45, 2.75) is 52.2 Å². The number of sulfone groups is 1. The van der Waals surface area contributed by atoms with Crippen molar-refractivity contribution in [3.05, 3.63) is 0 Å². The second-order valence-corrected chi connectivity index (χ2v) is 8.38. The van der Waals surface area contributed by atoms with Crippen molar-refractivity contribution < 1.29 is 8.42 Å². The van der Waals surface area contributed by atoms with Crippen LogP contribution in [-0.2, 0) is 9.84 Å². The van der Waals surface area contributed by atoms with Gasteiger partial charge in [0.05, 0.1) is 5.75 Å². The van der Waals surface area contributed by atoms with E-state index in [1.807, 2.05) is 0 Å². The van der Waals surface area contributed by atoms with E-state index in [2.05, 4.69) is 37.9 Å². The van der Waals surface area contributed by atoms with Gasteiger partial charge in [0.2, 0.25) is 0 Å². The second kappa shape index (κ2) is 6.35. The normalized spacial score (nSPS) is 27.9. The minimum absolute atomic E-state index is 0.263. The average molecular weight is 276 g/mol. The Labute approximate surface area is 112 Å². The SMILES string of the molecule is CC(C)N1C[C@H](C)[C@H](N[C@H](C)CCS(C)(=O)=O)C1. The van der Waals surface area contributed by atoms with Gasteiger partial charge in [0.15, 0.2) is 0 Å². The minimum Gasteiger partial charge on any atom is -0.310 e. The van der Waals surface area contributed by atoms with E-state index in [0.717, 1.165) is 13.1 Å². The van der Waals surface area contributed by atoms with E-state index >= 15 is 0 Å². The number of nitrogens with one attached hydrogen (secondary N) is 1. The molecule has 108 valence electrons. The van der Waals surface area contributed by atoms with Crippen molar-refractivity contribution in [2.24, 2.45) is 5.92 Å². The van der Waals surface area contributed by atoms with Crippen molar-refractivity contribution in [3.63, 3.8) is 0 Å². The monoisotopic (exact) mass is 276 g/mol. The van der Waals surface area contributed by atoms with Gasteiger partial charge in [-0.1, -0.05) is 6.92 Å². The van der Waals surface area contributed by atoms with E-state index in [4.69, 9.17) is 0 Å². The highest BCUT2D eigenvalue weighted by Crippen LogP contribution is 2.19. The first-order valence-electron chi connectivity index (χ1n) is 6.87. The van der Waals surface area contributed by atoms with E-state index < -0.39 is 9.84 Å². The van der Waals surface area contributed by atoms with Crippen LogP contribution in [0.15, 0.2) is 0 Å². The molecule has 0 aromatic rings. The summed E-state index contributed by atoms with van der Waals surface area (Å²) in [5.74, 6) is 0.906. The highest BCUT2D eigenvalue weighted by Gasteiger charge is 2.31. The van der Waals surface area contributed by atoms with Gasteiger partial charge in [0.25, 0.3) is 0 Å². The molecule has 1 aliphatic heterocycles. The lowest BCUT2D eigenvalue weighted by Gasteiger charge is -2.23. The fourth-order valence-corrected chi connectivity index (χ4v) is 3.26. The molecule has 1 N–H and O–H groups in total. The molecule has 1 aliphatic rings. The average Bonchev–Trinajstić information content (AvgIpc) is 2.57. The van der Waals surface area contributed by atoms with E-state index in [0.29, 0.717) is 24.4 Å². The van der Waals surface area contributed by atoms with Gasteiger partial charge < -0.3 is 5.32 Å². The molecular weight excluding hydrogens is 248 g/mol. The first-order valence-corrected chi connectivity index (χ1v) is 8.93. The van der Waals surface area contributed by atoms with Crippen molar-refractivity contribution >= 4 is 9.84 Å². The third-order valence-electron chi connectivity index (χ3n) is 3.79. The summed E-state index contributed by atoms with van der Waals surface area (Å²) in [5, 5.41) is 3.58. The molecule has 3 atom stereocenters. The van der Waals surface area contributed by atoms with Crippen LogP contribution in [0, 0.1) is 5.92 Å². The molecule has 1 fully saturated rings. The lowest BCUT2D eigenvalue weighted by atomic mass is 10.1. The lowest BCUT2D eigenvalue weighted by molar-refractivity contribution is 0.262. The van der Waals surface area contributed by atoms with Gasteiger partial charge in [0.1, 0.15) is 9.84 Å². The molecule has 18 heavy (non-hydrogen) atoms. The molecule has 0 radical (unpaired) electrons. The van der Waals surface area contributed by atoms with E-state index in [-0.39, 0.29) is 11.8 Å². The van der Waals surface area contributed by atoms with Gasteiger partial charge in [-0.3, -0.25) is 4.90 Å². The van der Waals surface area contributed by atoms with Gasteiger partial charge >= 0.3 is 0 Å². The summed E-state index contributed by atoms with van der Waals surface area (Å²) in [6.45, 7) is 11.0. The van der Waals surface area contributed by atoms with Crippen molar-refractivity contribution in [2.75, 3.05) is 25.1 Å². The molecule has 4 nitrogen and oxygen atoms in total. The number of hydrogen-bond donors (Lipinski definition) is 1. The first kappa shape index (κ1) is 15.9. The van der Waals surface area contributed by atoms with Crippen LogP contribution in [0.4, 0.5) is 0 Å². The van der Waals surface area contributed by atoms with Crippen LogP contribution < -0.4 is 5.32 Å². The molecule has 0 bridgehead atoms. The molecule has 5 heteroatoms. The Balaban J connectivity index is 2.38. The fraction of sp³-hybridized carbons (Fsp3) is 1.00. The van der Waals surface area contributed by atoms with Crippen LogP contribution in [0.25, 0.3) is 0 Å². The molecule has 0 aromatic carbocycles. The van der Waals surface area contributed by atoms with Crippen molar-refractivity contribution in [1.29, 1.82) is 0 Å². The summed E-state index contributed by atoms with van der Waals surface area (Å²) in [6.07, 6.45) is 2.00. The maximum absolute atomic E-state index is 11.1.